The topological polar surface area (TPSA) is 94.8 Å². The van der Waals surface area contributed by atoms with E-state index in [1.54, 1.807) is 13.8 Å². The Kier molecular flexibility index (Phi) is 11.3. The average Bonchev–Trinajstić information content (AvgIpc) is 2.51. The molecule has 0 fully saturated rings. The maximum atomic E-state index is 11.8. The maximum absolute atomic E-state index is 11.8. The summed E-state index contributed by atoms with van der Waals surface area (Å²) in [4.78, 5) is 23.5. The van der Waals surface area contributed by atoms with Gasteiger partial charge in [-0.05, 0) is 12.8 Å². The van der Waals surface area contributed by atoms with Gasteiger partial charge in [0.25, 0.3) is 0 Å². The summed E-state index contributed by atoms with van der Waals surface area (Å²) in [7, 11) is 0. The van der Waals surface area contributed by atoms with E-state index in [1.165, 1.54) is 0 Å². The van der Waals surface area contributed by atoms with Gasteiger partial charge >= 0.3 is 11.9 Å². The fraction of sp³-hybridized carbons (Fsp3) is 0.778. The Morgan fingerprint density at radius 3 is 1.79 bits per heavy atom. The van der Waals surface area contributed by atoms with Crippen LogP contribution in [0.2, 0.25) is 0 Å². The number of hydrogen-bond donors (Lipinski definition) is 3. The minimum Gasteiger partial charge on any atom is -0.477 e. The molecular formula is C18H34NO5+. The molecule has 0 aliphatic heterocycles. The van der Waals surface area contributed by atoms with Crippen LogP contribution in [0.1, 0.15) is 59.3 Å². The van der Waals surface area contributed by atoms with Gasteiger partial charge in [-0.25, -0.2) is 9.59 Å². The highest BCUT2D eigenvalue weighted by atomic mass is 16.4. The Morgan fingerprint density at radius 2 is 1.42 bits per heavy atom. The Bertz CT molecular complexity index is 386. The first-order chi connectivity index (χ1) is 11.4. The molecule has 0 saturated carbocycles. The first-order valence-corrected chi connectivity index (χ1v) is 8.99. The standard InChI is InChI=1S/C18H33NO5/c1-4-7-8-9-10-11-12-19(13-14-20,15(5-2)17(21)22)16(6-3)18(23)24/h8-9,15-16,20H,4-7,10-14H2,1-3H3,(H-,21,22,23,24)/p+1/b9-8+. The number of aliphatic hydroxyl groups excluding tert-OH is 1. The first kappa shape index (κ1) is 22.6. The second-order valence-corrected chi connectivity index (χ2v) is 6.20. The van der Waals surface area contributed by atoms with Crippen molar-refractivity contribution >= 4 is 11.9 Å². The number of quaternary nitrogens is 1. The van der Waals surface area contributed by atoms with Crippen LogP contribution in [0.25, 0.3) is 0 Å². The normalized spacial score (nSPS) is 16.7. The fourth-order valence-corrected chi connectivity index (χ4v) is 3.56. The number of carboxylic acid groups (broad SMARTS) is 2. The molecule has 6 heteroatoms. The number of aliphatic hydroxyl groups is 1. The van der Waals surface area contributed by atoms with Gasteiger partial charge in [0.05, 0.1) is 13.2 Å². The van der Waals surface area contributed by atoms with Crippen LogP contribution in [0.4, 0.5) is 0 Å². The Labute approximate surface area is 145 Å². The zero-order chi connectivity index (χ0) is 18.6. The smallest absolute Gasteiger partial charge is 0.362 e. The Balaban J connectivity index is 5.48. The Morgan fingerprint density at radius 1 is 0.917 bits per heavy atom. The molecule has 0 aliphatic rings. The predicted molar refractivity (Wildman–Crippen MR) is 93.8 cm³/mol. The third kappa shape index (κ3) is 6.24. The van der Waals surface area contributed by atoms with E-state index >= 15 is 0 Å². The molecule has 0 heterocycles. The minimum absolute atomic E-state index is 0.0875. The van der Waals surface area contributed by atoms with Crippen LogP contribution < -0.4 is 0 Å². The van der Waals surface area contributed by atoms with Gasteiger partial charge in [-0.2, -0.15) is 0 Å². The van der Waals surface area contributed by atoms with Crippen LogP contribution in [-0.4, -0.2) is 63.5 Å². The molecule has 24 heavy (non-hydrogen) atoms. The SMILES string of the molecule is CCC/C=C/CCC[N+](CCO)(C(CC)C(=O)O)C(CC)C(=O)O. The van der Waals surface area contributed by atoms with Gasteiger partial charge in [-0.15, -0.1) is 0 Å². The molecule has 0 aliphatic carbocycles. The van der Waals surface area contributed by atoms with Crippen LogP contribution in [0, 0.1) is 0 Å². The quantitative estimate of drug-likeness (QED) is 0.256. The fourth-order valence-electron chi connectivity index (χ4n) is 3.56. The number of rotatable bonds is 14. The van der Waals surface area contributed by atoms with E-state index in [0.29, 0.717) is 25.8 Å². The summed E-state index contributed by atoms with van der Waals surface area (Å²) in [6.45, 7) is 5.99. The molecule has 2 unspecified atom stereocenters. The lowest BCUT2D eigenvalue weighted by Gasteiger charge is -2.46. The van der Waals surface area contributed by atoms with Gasteiger partial charge < -0.3 is 15.3 Å². The van der Waals surface area contributed by atoms with Gasteiger partial charge in [0.2, 0.25) is 0 Å². The van der Waals surface area contributed by atoms with Crippen LogP contribution in [-0.2, 0) is 9.59 Å². The summed E-state index contributed by atoms with van der Waals surface area (Å²) in [6.07, 6.45) is 8.43. The van der Waals surface area contributed by atoms with Gasteiger partial charge in [-0.3, -0.25) is 4.48 Å². The largest absolute Gasteiger partial charge is 0.477 e. The van der Waals surface area contributed by atoms with Crippen molar-refractivity contribution in [2.45, 2.75) is 71.4 Å². The summed E-state index contributed by atoms with van der Waals surface area (Å²) in [5.74, 6) is -1.99. The molecule has 0 amide bonds. The number of unbranched alkanes of at least 4 members (excludes halogenated alkanes) is 2. The molecule has 0 saturated heterocycles. The number of allylic oxidation sites excluding steroid dienone is 2. The van der Waals surface area contributed by atoms with Gasteiger partial charge in [-0.1, -0.05) is 39.3 Å². The van der Waals surface area contributed by atoms with E-state index < -0.39 is 24.0 Å². The lowest BCUT2D eigenvalue weighted by molar-refractivity contribution is -0.958. The molecule has 0 aromatic rings. The highest BCUT2D eigenvalue weighted by Crippen LogP contribution is 2.26. The predicted octanol–water partition coefficient (Wildman–Crippen LogP) is 2.66. The van der Waals surface area contributed by atoms with E-state index in [1.807, 2.05) is 0 Å². The van der Waals surface area contributed by atoms with E-state index in [4.69, 9.17) is 0 Å². The summed E-state index contributed by atoms with van der Waals surface area (Å²) in [5, 5.41) is 28.8. The third-order valence-electron chi connectivity index (χ3n) is 4.67. The minimum atomic E-state index is -0.993. The second kappa shape index (κ2) is 12.0. The number of aliphatic carboxylic acids is 2. The molecule has 3 N–H and O–H groups in total. The average molecular weight is 344 g/mol. The molecule has 2 atom stereocenters. The van der Waals surface area contributed by atoms with Gasteiger partial charge in [0.1, 0.15) is 6.54 Å². The zero-order valence-electron chi connectivity index (χ0n) is 15.3. The van der Waals surface area contributed by atoms with Crippen molar-refractivity contribution in [3.8, 4) is 0 Å². The lowest BCUT2D eigenvalue weighted by Crippen LogP contribution is -2.67. The molecular weight excluding hydrogens is 310 g/mol. The monoisotopic (exact) mass is 344 g/mol. The third-order valence-corrected chi connectivity index (χ3v) is 4.67. The summed E-state index contributed by atoms with van der Waals surface area (Å²) < 4.78 is -0.0875. The van der Waals surface area contributed by atoms with Crippen molar-refractivity contribution in [1.82, 2.24) is 0 Å². The zero-order valence-corrected chi connectivity index (χ0v) is 15.3. The van der Waals surface area contributed by atoms with Gasteiger partial charge in [0, 0.05) is 19.3 Å². The number of carbonyl (C=O) groups is 2. The first-order valence-electron chi connectivity index (χ1n) is 8.99. The molecule has 0 aromatic heterocycles. The van der Waals surface area contributed by atoms with E-state index in [9.17, 15) is 24.9 Å². The summed E-state index contributed by atoms with van der Waals surface area (Å²) >= 11 is 0. The van der Waals surface area contributed by atoms with E-state index in [0.717, 1.165) is 19.3 Å². The van der Waals surface area contributed by atoms with Crippen molar-refractivity contribution in [3.63, 3.8) is 0 Å². The van der Waals surface area contributed by atoms with Crippen LogP contribution in [0.15, 0.2) is 12.2 Å². The highest BCUT2D eigenvalue weighted by Gasteiger charge is 2.48. The molecule has 0 spiro atoms. The Hall–Kier alpha value is -1.40. The second-order valence-electron chi connectivity index (χ2n) is 6.20. The van der Waals surface area contributed by atoms with E-state index in [-0.39, 0.29) is 17.6 Å². The number of nitrogens with zero attached hydrogens (tertiary/aromatic N) is 1. The van der Waals surface area contributed by atoms with E-state index in [2.05, 4.69) is 19.1 Å². The molecule has 0 bridgehead atoms. The van der Waals surface area contributed by atoms with Crippen LogP contribution >= 0.6 is 0 Å². The van der Waals surface area contributed by atoms with Crippen molar-refractivity contribution in [3.05, 3.63) is 12.2 Å². The maximum Gasteiger partial charge on any atom is 0.362 e. The van der Waals surface area contributed by atoms with Crippen molar-refractivity contribution in [1.29, 1.82) is 0 Å². The molecule has 0 rings (SSSR count). The van der Waals surface area contributed by atoms with Crippen molar-refractivity contribution in [2.75, 3.05) is 19.7 Å². The number of hydrogen-bond acceptors (Lipinski definition) is 3. The molecule has 6 nitrogen and oxygen atoms in total. The number of carboxylic acids is 2. The van der Waals surface area contributed by atoms with Crippen molar-refractivity contribution in [2.24, 2.45) is 0 Å². The molecule has 140 valence electrons. The lowest BCUT2D eigenvalue weighted by atomic mass is 10.00. The summed E-state index contributed by atoms with van der Waals surface area (Å²) in [5.41, 5.74) is 0. The van der Waals surface area contributed by atoms with Crippen molar-refractivity contribution < 1.29 is 29.4 Å². The van der Waals surface area contributed by atoms with Crippen LogP contribution in [0.3, 0.4) is 0 Å². The molecule has 0 aromatic carbocycles. The van der Waals surface area contributed by atoms with Crippen LogP contribution in [0.5, 0.6) is 0 Å². The molecule has 0 radical (unpaired) electrons. The van der Waals surface area contributed by atoms with Gasteiger partial charge in [0.15, 0.2) is 12.1 Å². The highest BCUT2D eigenvalue weighted by molar-refractivity contribution is 5.75. The summed E-state index contributed by atoms with van der Waals surface area (Å²) in [6, 6.07) is -1.64.